The Morgan fingerprint density at radius 1 is 1.38 bits per heavy atom. The maximum Gasteiger partial charge on any atom is 0.260 e. The molecule has 21 heavy (non-hydrogen) atoms. The first-order chi connectivity index (χ1) is 9.86. The van der Waals surface area contributed by atoms with Crippen molar-refractivity contribution >= 4 is 23.2 Å². The maximum absolute atomic E-state index is 11.9. The second-order valence-electron chi connectivity index (χ2n) is 5.35. The van der Waals surface area contributed by atoms with Crippen LogP contribution in [-0.4, -0.2) is 56.1 Å². The minimum absolute atomic E-state index is 0.0156. The predicted octanol–water partition coefficient (Wildman–Crippen LogP) is 0.611. The molecule has 0 saturated carbocycles. The number of likely N-dealkylation sites (N-methyl/N-ethyl adjacent to an activating group) is 3. The molecule has 1 atom stereocenters. The van der Waals surface area contributed by atoms with E-state index in [4.69, 9.17) is 0 Å². The first kappa shape index (κ1) is 15.3. The highest BCUT2D eigenvalue weighted by atomic mass is 16.3. The van der Waals surface area contributed by atoms with E-state index in [0.29, 0.717) is 17.8 Å². The Balaban J connectivity index is 2.29. The number of rotatable bonds is 4. The van der Waals surface area contributed by atoms with Gasteiger partial charge in [0.1, 0.15) is 0 Å². The van der Waals surface area contributed by atoms with Gasteiger partial charge in [-0.15, -0.1) is 0 Å². The van der Waals surface area contributed by atoms with Crippen molar-refractivity contribution < 1.29 is 14.7 Å². The zero-order chi connectivity index (χ0) is 15.7. The summed E-state index contributed by atoms with van der Waals surface area (Å²) in [7, 11) is 5.09. The number of aliphatic hydroxyl groups excluding tert-OH is 1. The van der Waals surface area contributed by atoms with Crippen LogP contribution >= 0.6 is 0 Å². The molecule has 1 aromatic rings. The van der Waals surface area contributed by atoms with Gasteiger partial charge in [0.15, 0.2) is 6.10 Å². The summed E-state index contributed by atoms with van der Waals surface area (Å²) in [6.07, 6.45) is -1.09. The van der Waals surface area contributed by atoms with E-state index in [2.05, 4.69) is 0 Å². The summed E-state index contributed by atoms with van der Waals surface area (Å²) in [6.45, 7) is 2.93. The van der Waals surface area contributed by atoms with Crippen molar-refractivity contribution in [2.24, 2.45) is 0 Å². The molecule has 114 valence electrons. The lowest BCUT2D eigenvalue weighted by molar-refractivity contribution is -0.127. The van der Waals surface area contributed by atoms with Gasteiger partial charge in [-0.1, -0.05) is 6.07 Å². The number of benzene rings is 1. The second kappa shape index (κ2) is 5.73. The smallest absolute Gasteiger partial charge is 0.260 e. The quantitative estimate of drug-likeness (QED) is 0.883. The highest BCUT2D eigenvalue weighted by Crippen LogP contribution is 2.37. The van der Waals surface area contributed by atoms with Crippen LogP contribution < -0.4 is 9.80 Å². The van der Waals surface area contributed by atoms with Gasteiger partial charge in [0.25, 0.3) is 5.91 Å². The molecular weight excluding hydrogens is 270 g/mol. The van der Waals surface area contributed by atoms with Gasteiger partial charge in [-0.25, -0.2) is 0 Å². The molecule has 2 amide bonds. The van der Waals surface area contributed by atoms with Gasteiger partial charge in [-0.05, 0) is 19.1 Å². The maximum atomic E-state index is 11.9. The van der Waals surface area contributed by atoms with E-state index in [9.17, 15) is 14.7 Å². The number of nitrogens with zero attached hydrogens (tertiary/aromatic N) is 3. The Morgan fingerprint density at radius 3 is 2.62 bits per heavy atom. The van der Waals surface area contributed by atoms with Crippen LogP contribution in [0.15, 0.2) is 18.2 Å². The number of carbonyl (C=O) groups excluding carboxylic acids is 2. The molecule has 0 aromatic heterocycles. The molecule has 2 rings (SSSR count). The molecule has 0 bridgehead atoms. The Hall–Kier alpha value is -2.08. The minimum Gasteiger partial charge on any atom is -0.378 e. The molecule has 1 aliphatic heterocycles. The first-order valence-corrected chi connectivity index (χ1v) is 6.91. The molecule has 6 nitrogen and oxygen atoms in total. The lowest BCUT2D eigenvalue weighted by Crippen LogP contribution is -2.36. The highest BCUT2D eigenvalue weighted by Gasteiger charge is 2.33. The van der Waals surface area contributed by atoms with Gasteiger partial charge < -0.3 is 19.8 Å². The van der Waals surface area contributed by atoms with Crippen LogP contribution in [0.3, 0.4) is 0 Å². The van der Waals surface area contributed by atoms with E-state index < -0.39 is 6.10 Å². The number of aliphatic hydroxyl groups is 1. The van der Waals surface area contributed by atoms with Gasteiger partial charge in [0.05, 0.1) is 12.2 Å². The van der Waals surface area contributed by atoms with E-state index in [1.54, 1.807) is 32.1 Å². The summed E-state index contributed by atoms with van der Waals surface area (Å²) >= 11 is 0. The third-order valence-corrected chi connectivity index (χ3v) is 3.81. The Morgan fingerprint density at radius 2 is 2.05 bits per heavy atom. The van der Waals surface area contributed by atoms with Crippen molar-refractivity contribution in [3.05, 3.63) is 23.8 Å². The highest BCUT2D eigenvalue weighted by molar-refractivity contribution is 6.04. The van der Waals surface area contributed by atoms with Gasteiger partial charge >= 0.3 is 0 Å². The SMILES string of the molecule is CCN(CC(=O)N(C)C)c1ccc2c(c1)N(C)C(=O)C2O. The monoisotopic (exact) mass is 291 g/mol. The topological polar surface area (TPSA) is 64.1 Å². The predicted molar refractivity (Wildman–Crippen MR) is 81.4 cm³/mol. The minimum atomic E-state index is -1.09. The molecule has 1 unspecified atom stereocenters. The molecule has 0 saturated heterocycles. The standard InChI is InChI=1S/C15H21N3O3/c1-5-18(9-13(19)16(2)3)10-6-7-11-12(8-10)17(4)15(21)14(11)20/h6-8,14,20H,5,9H2,1-4H3. The summed E-state index contributed by atoms with van der Waals surface area (Å²) in [6, 6.07) is 5.43. The van der Waals surface area contributed by atoms with Crippen LogP contribution in [0.1, 0.15) is 18.6 Å². The summed E-state index contributed by atoms with van der Waals surface area (Å²) in [5, 5.41) is 9.86. The van der Waals surface area contributed by atoms with Crippen molar-refractivity contribution in [3.8, 4) is 0 Å². The molecule has 6 heteroatoms. The average molecular weight is 291 g/mol. The van der Waals surface area contributed by atoms with Crippen molar-refractivity contribution in [1.82, 2.24) is 4.90 Å². The molecule has 0 aliphatic carbocycles. The zero-order valence-electron chi connectivity index (χ0n) is 12.8. The Labute approximate surface area is 124 Å². The lowest BCUT2D eigenvalue weighted by Gasteiger charge is -2.25. The number of hydrogen-bond acceptors (Lipinski definition) is 4. The van der Waals surface area contributed by atoms with E-state index >= 15 is 0 Å². The fourth-order valence-electron chi connectivity index (χ4n) is 2.38. The van der Waals surface area contributed by atoms with Crippen molar-refractivity contribution in [3.63, 3.8) is 0 Å². The molecule has 1 N–H and O–H groups in total. The van der Waals surface area contributed by atoms with Crippen LogP contribution in [0.2, 0.25) is 0 Å². The Bertz CT molecular complexity index is 571. The molecule has 0 radical (unpaired) electrons. The lowest BCUT2D eigenvalue weighted by atomic mass is 10.1. The molecule has 1 aliphatic rings. The number of hydrogen-bond donors (Lipinski definition) is 1. The molecule has 0 fully saturated rings. The number of anilines is 2. The molecule has 0 spiro atoms. The summed E-state index contributed by atoms with van der Waals surface area (Å²) < 4.78 is 0. The number of amides is 2. The average Bonchev–Trinajstić information content (AvgIpc) is 2.69. The van der Waals surface area contributed by atoms with Crippen molar-refractivity contribution in [2.45, 2.75) is 13.0 Å². The number of fused-ring (bicyclic) bond motifs is 1. The molecule has 1 aromatic carbocycles. The van der Waals surface area contributed by atoms with Gasteiger partial charge in [-0.3, -0.25) is 9.59 Å². The van der Waals surface area contributed by atoms with Crippen molar-refractivity contribution in [1.29, 1.82) is 0 Å². The van der Waals surface area contributed by atoms with Crippen LogP contribution in [0.4, 0.5) is 11.4 Å². The van der Waals surface area contributed by atoms with Crippen LogP contribution in [0.5, 0.6) is 0 Å². The van der Waals surface area contributed by atoms with Crippen molar-refractivity contribution in [2.75, 3.05) is 44.0 Å². The molecular formula is C15H21N3O3. The third kappa shape index (κ3) is 2.71. The van der Waals surface area contributed by atoms with Gasteiger partial charge in [-0.2, -0.15) is 0 Å². The van der Waals surface area contributed by atoms with E-state index in [1.165, 1.54) is 4.90 Å². The first-order valence-electron chi connectivity index (χ1n) is 6.91. The van der Waals surface area contributed by atoms with Crippen LogP contribution in [0.25, 0.3) is 0 Å². The van der Waals surface area contributed by atoms with E-state index in [-0.39, 0.29) is 18.4 Å². The zero-order valence-corrected chi connectivity index (χ0v) is 12.8. The van der Waals surface area contributed by atoms with Gasteiger partial charge in [0, 0.05) is 38.9 Å². The Kier molecular flexibility index (Phi) is 4.18. The third-order valence-electron chi connectivity index (χ3n) is 3.81. The normalized spacial score (nSPS) is 16.9. The molecule has 1 heterocycles. The van der Waals surface area contributed by atoms with Gasteiger partial charge in [0.2, 0.25) is 5.91 Å². The number of carbonyl (C=O) groups is 2. The summed E-state index contributed by atoms with van der Waals surface area (Å²) in [4.78, 5) is 28.6. The fraction of sp³-hybridized carbons (Fsp3) is 0.467. The summed E-state index contributed by atoms with van der Waals surface area (Å²) in [5.41, 5.74) is 2.17. The van der Waals surface area contributed by atoms with E-state index in [0.717, 1.165) is 5.69 Å². The van der Waals surface area contributed by atoms with Crippen LogP contribution in [-0.2, 0) is 9.59 Å². The van der Waals surface area contributed by atoms with E-state index in [1.807, 2.05) is 24.0 Å². The summed E-state index contributed by atoms with van der Waals surface area (Å²) in [5.74, 6) is -0.309. The van der Waals surface area contributed by atoms with Crippen LogP contribution in [0, 0.1) is 0 Å². The fourth-order valence-corrected chi connectivity index (χ4v) is 2.38. The second-order valence-corrected chi connectivity index (χ2v) is 5.35. The largest absolute Gasteiger partial charge is 0.378 e.